The van der Waals surface area contributed by atoms with Crippen molar-refractivity contribution in [1.29, 1.82) is 0 Å². The molecule has 0 aliphatic rings. The molecule has 1 unspecified atom stereocenters. The summed E-state index contributed by atoms with van der Waals surface area (Å²) >= 11 is 0. The van der Waals surface area contributed by atoms with Gasteiger partial charge in [-0.2, -0.15) is 0 Å². The van der Waals surface area contributed by atoms with Crippen LogP contribution in [0.25, 0.3) is 0 Å². The summed E-state index contributed by atoms with van der Waals surface area (Å²) in [4.78, 5) is 11.2. The van der Waals surface area contributed by atoms with Gasteiger partial charge in [-0.25, -0.2) is 0 Å². The SMILES string of the molecule is C#CCCC(=O)C(C)(N)CC. The number of carbonyl (C=O) groups is 1. The lowest BCUT2D eigenvalue weighted by atomic mass is 9.92. The first-order chi connectivity index (χ1) is 5.04. The predicted molar refractivity (Wildman–Crippen MR) is 46.0 cm³/mol. The minimum atomic E-state index is -0.684. The molecule has 0 radical (unpaired) electrons. The standard InChI is InChI=1S/C9H15NO/c1-4-6-7-8(11)9(3,10)5-2/h1H,5-7,10H2,2-3H3. The third kappa shape index (κ3) is 3.20. The molecule has 0 aromatic heterocycles. The van der Waals surface area contributed by atoms with Gasteiger partial charge >= 0.3 is 0 Å². The fourth-order valence-corrected chi connectivity index (χ4v) is 0.668. The molecule has 0 aromatic carbocycles. The number of ketones is 1. The Labute approximate surface area is 68.2 Å². The Bertz CT molecular complexity index is 176. The van der Waals surface area contributed by atoms with Crippen LogP contribution >= 0.6 is 0 Å². The smallest absolute Gasteiger partial charge is 0.153 e. The van der Waals surface area contributed by atoms with E-state index in [0.29, 0.717) is 19.3 Å². The van der Waals surface area contributed by atoms with Gasteiger partial charge in [-0.15, -0.1) is 12.3 Å². The van der Waals surface area contributed by atoms with Crippen molar-refractivity contribution >= 4 is 5.78 Å². The summed E-state index contributed by atoms with van der Waals surface area (Å²) in [5.41, 5.74) is 5.00. The number of hydrogen-bond donors (Lipinski definition) is 1. The largest absolute Gasteiger partial charge is 0.319 e. The minimum absolute atomic E-state index is 0.0537. The maximum atomic E-state index is 11.2. The predicted octanol–water partition coefficient (Wildman–Crippen LogP) is 1.10. The van der Waals surface area contributed by atoms with Crippen LogP contribution in [0.5, 0.6) is 0 Å². The van der Waals surface area contributed by atoms with Gasteiger partial charge < -0.3 is 5.73 Å². The number of nitrogens with two attached hydrogens (primary N) is 1. The molecule has 2 nitrogen and oxygen atoms in total. The second-order valence-electron chi connectivity index (χ2n) is 2.90. The second-order valence-corrected chi connectivity index (χ2v) is 2.90. The topological polar surface area (TPSA) is 43.1 Å². The Morgan fingerprint density at radius 2 is 2.27 bits per heavy atom. The number of carbonyl (C=O) groups excluding carboxylic acids is 1. The molecule has 0 aliphatic carbocycles. The van der Waals surface area contributed by atoms with E-state index in [1.807, 2.05) is 6.92 Å². The molecule has 0 heterocycles. The quantitative estimate of drug-likeness (QED) is 0.614. The van der Waals surface area contributed by atoms with Gasteiger partial charge in [-0.1, -0.05) is 6.92 Å². The highest BCUT2D eigenvalue weighted by atomic mass is 16.1. The van der Waals surface area contributed by atoms with Crippen LogP contribution in [0.4, 0.5) is 0 Å². The minimum Gasteiger partial charge on any atom is -0.319 e. The molecule has 0 saturated carbocycles. The van der Waals surface area contributed by atoms with Gasteiger partial charge in [-0.3, -0.25) is 4.79 Å². The van der Waals surface area contributed by atoms with Crippen LogP contribution in [-0.2, 0) is 4.79 Å². The van der Waals surface area contributed by atoms with Gasteiger partial charge in [0.15, 0.2) is 5.78 Å². The summed E-state index contributed by atoms with van der Waals surface area (Å²) in [6.07, 6.45) is 6.57. The summed E-state index contributed by atoms with van der Waals surface area (Å²) < 4.78 is 0. The van der Waals surface area contributed by atoms with E-state index in [2.05, 4.69) is 5.92 Å². The average Bonchev–Trinajstić information content (AvgIpc) is 2.00. The lowest BCUT2D eigenvalue weighted by Crippen LogP contribution is -2.43. The highest BCUT2D eigenvalue weighted by molar-refractivity contribution is 5.87. The van der Waals surface area contributed by atoms with Gasteiger partial charge in [0.1, 0.15) is 0 Å². The van der Waals surface area contributed by atoms with Gasteiger partial charge in [-0.05, 0) is 13.3 Å². The first kappa shape index (κ1) is 10.2. The zero-order valence-corrected chi connectivity index (χ0v) is 7.18. The van der Waals surface area contributed by atoms with Crippen molar-refractivity contribution < 1.29 is 4.79 Å². The lowest BCUT2D eigenvalue weighted by molar-refractivity contribution is -0.123. The molecule has 62 valence electrons. The summed E-state index contributed by atoms with van der Waals surface area (Å²) in [6.45, 7) is 3.64. The van der Waals surface area contributed by atoms with Crippen molar-refractivity contribution in [2.45, 2.75) is 38.6 Å². The highest BCUT2D eigenvalue weighted by Crippen LogP contribution is 2.09. The molecule has 0 saturated heterocycles. The maximum Gasteiger partial charge on any atom is 0.153 e. The zero-order chi connectivity index (χ0) is 8.91. The van der Waals surface area contributed by atoms with E-state index in [4.69, 9.17) is 12.2 Å². The Morgan fingerprint density at radius 1 is 1.73 bits per heavy atom. The second kappa shape index (κ2) is 4.15. The van der Waals surface area contributed by atoms with Crippen LogP contribution < -0.4 is 5.73 Å². The number of terminal acetylenes is 1. The molecule has 0 fully saturated rings. The van der Waals surface area contributed by atoms with E-state index < -0.39 is 5.54 Å². The van der Waals surface area contributed by atoms with Crippen molar-refractivity contribution in [3.63, 3.8) is 0 Å². The molecule has 0 rings (SSSR count). The van der Waals surface area contributed by atoms with Crippen LogP contribution in [0.1, 0.15) is 33.1 Å². The maximum absolute atomic E-state index is 11.2. The average molecular weight is 153 g/mol. The lowest BCUT2D eigenvalue weighted by Gasteiger charge is -2.19. The van der Waals surface area contributed by atoms with Crippen molar-refractivity contribution in [3.8, 4) is 12.3 Å². The first-order valence-corrected chi connectivity index (χ1v) is 3.80. The molecule has 2 N–H and O–H groups in total. The normalized spacial score (nSPS) is 15.1. The third-order valence-corrected chi connectivity index (χ3v) is 1.87. The van der Waals surface area contributed by atoms with Crippen LogP contribution in [0.15, 0.2) is 0 Å². The number of hydrogen-bond acceptors (Lipinski definition) is 2. The Balaban J connectivity index is 3.94. The van der Waals surface area contributed by atoms with Crippen LogP contribution in [0, 0.1) is 12.3 Å². The number of Topliss-reactive ketones (excluding diaryl/α,β-unsaturated/α-hetero) is 1. The van der Waals surface area contributed by atoms with Crippen LogP contribution in [-0.4, -0.2) is 11.3 Å². The van der Waals surface area contributed by atoms with Crippen LogP contribution in [0.3, 0.4) is 0 Å². The molecular formula is C9H15NO. The van der Waals surface area contributed by atoms with E-state index >= 15 is 0 Å². The van der Waals surface area contributed by atoms with Crippen LogP contribution in [0.2, 0.25) is 0 Å². The molecule has 11 heavy (non-hydrogen) atoms. The monoisotopic (exact) mass is 153 g/mol. The highest BCUT2D eigenvalue weighted by Gasteiger charge is 2.24. The fourth-order valence-electron chi connectivity index (χ4n) is 0.668. The fraction of sp³-hybridized carbons (Fsp3) is 0.667. The Morgan fingerprint density at radius 3 is 2.64 bits per heavy atom. The van der Waals surface area contributed by atoms with E-state index in [9.17, 15) is 4.79 Å². The Hall–Kier alpha value is -0.810. The Kier molecular flexibility index (Phi) is 3.84. The van der Waals surface area contributed by atoms with Crippen molar-refractivity contribution in [2.75, 3.05) is 0 Å². The van der Waals surface area contributed by atoms with Gasteiger partial charge in [0.05, 0.1) is 5.54 Å². The van der Waals surface area contributed by atoms with Gasteiger partial charge in [0, 0.05) is 12.8 Å². The molecule has 0 bridgehead atoms. The first-order valence-electron chi connectivity index (χ1n) is 3.80. The summed E-state index contributed by atoms with van der Waals surface area (Å²) in [7, 11) is 0. The molecule has 0 aliphatic heterocycles. The van der Waals surface area contributed by atoms with Crippen molar-refractivity contribution in [1.82, 2.24) is 0 Å². The summed E-state index contributed by atoms with van der Waals surface area (Å²) in [6, 6.07) is 0. The molecule has 0 spiro atoms. The van der Waals surface area contributed by atoms with Crippen molar-refractivity contribution in [3.05, 3.63) is 0 Å². The number of rotatable bonds is 4. The van der Waals surface area contributed by atoms with E-state index in [1.54, 1.807) is 6.92 Å². The van der Waals surface area contributed by atoms with E-state index in [1.165, 1.54) is 0 Å². The zero-order valence-electron chi connectivity index (χ0n) is 7.18. The van der Waals surface area contributed by atoms with Gasteiger partial charge in [0.25, 0.3) is 0 Å². The van der Waals surface area contributed by atoms with Gasteiger partial charge in [0.2, 0.25) is 0 Å². The van der Waals surface area contributed by atoms with E-state index in [-0.39, 0.29) is 5.78 Å². The summed E-state index contributed by atoms with van der Waals surface area (Å²) in [5, 5.41) is 0. The third-order valence-electron chi connectivity index (χ3n) is 1.87. The van der Waals surface area contributed by atoms with Crippen molar-refractivity contribution in [2.24, 2.45) is 5.73 Å². The van der Waals surface area contributed by atoms with E-state index in [0.717, 1.165) is 0 Å². The molecule has 1 atom stereocenters. The molecule has 0 amide bonds. The molecular weight excluding hydrogens is 138 g/mol. The molecule has 2 heteroatoms. The molecule has 0 aromatic rings. The summed E-state index contributed by atoms with van der Waals surface area (Å²) in [5.74, 6) is 2.47.